The molecule has 0 radical (unpaired) electrons. The van der Waals surface area contributed by atoms with E-state index in [0.29, 0.717) is 6.54 Å². The second-order valence-electron chi connectivity index (χ2n) is 3.36. The van der Waals surface area contributed by atoms with Gasteiger partial charge in [0.1, 0.15) is 0 Å². The second-order valence-corrected chi connectivity index (χ2v) is 4.79. The minimum Gasteiger partial charge on any atom is -1.00 e. The van der Waals surface area contributed by atoms with Crippen LogP contribution in [0.2, 0.25) is 0 Å². The van der Waals surface area contributed by atoms with Crippen LogP contribution in [-0.4, -0.2) is 19.5 Å². The quantitative estimate of drug-likeness (QED) is 0.373. The Morgan fingerprint density at radius 2 is 1.75 bits per heavy atom. The second kappa shape index (κ2) is 7.42. The fourth-order valence-corrected chi connectivity index (χ4v) is 1.78. The van der Waals surface area contributed by atoms with E-state index < -0.39 is 10.1 Å². The van der Waals surface area contributed by atoms with Crippen molar-refractivity contribution < 1.29 is 44.0 Å². The number of hydrogen-bond acceptors (Lipinski definition) is 3. The molecule has 16 heavy (non-hydrogen) atoms. The summed E-state index contributed by atoms with van der Waals surface area (Å²) in [7, 11) is -4.06. The van der Waals surface area contributed by atoms with E-state index in [-0.39, 0.29) is 35.9 Å². The van der Waals surface area contributed by atoms with Crippen molar-refractivity contribution in [1.82, 2.24) is 0 Å². The van der Waals surface area contributed by atoms with E-state index in [2.05, 4.69) is 0 Å². The zero-order valence-electron chi connectivity index (χ0n) is 10.4. The van der Waals surface area contributed by atoms with E-state index in [1.54, 1.807) is 12.1 Å². The molecular formula is C10H16NNaO3S. The number of rotatable bonds is 5. The van der Waals surface area contributed by atoms with Crippen LogP contribution in [0.25, 0.3) is 0 Å². The molecule has 0 saturated heterocycles. The first-order valence-electron chi connectivity index (χ1n) is 4.80. The van der Waals surface area contributed by atoms with Gasteiger partial charge in [-0.05, 0) is 43.5 Å². The van der Waals surface area contributed by atoms with E-state index in [0.717, 1.165) is 24.8 Å². The van der Waals surface area contributed by atoms with Crippen molar-refractivity contribution in [3.05, 3.63) is 29.8 Å². The zero-order valence-corrected chi connectivity index (χ0v) is 12.2. The van der Waals surface area contributed by atoms with Gasteiger partial charge in [-0.2, -0.15) is 8.42 Å². The van der Waals surface area contributed by atoms with Crippen molar-refractivity contribution >= 4 is 10.1 Å². The summed E-state index contributed by atoms with van der Waals surface area (Å²) >= 11 is 0. The van der Waals surface area contributed by atoms with Crippen LogP contribution >= 0.6 is 0 Å². The van der Waals surface area contributed by atoms with Crippen molar-refractivity contribution in [2.24, 2.45) is 5.73 Å². The van der Waals surface area contributed by atoms with Crippen molar-refractivity contribution in [1.29, 1.82) is 0 Å². The Morgan fingerprint density at radius 1 is 1.19 bits per heavy atom. The summed E-state index contributed by atoms with van der Waals surface area (Å²) in [5.41, 5.74) is 6.41. The first kappa shape index (κ1) is 16.1. The molecule has 0 bridgehead atoms. The van der Waals surface area contributed by atoms with E-state index in [9.17, 15) is 8.42 Å². The Morgan fingerprint density at radius 3 is 2.19 bits per heavy atom. The zero-order chi connectivity index (χ0) is 11.3. The molecule has 6 heteroatoms. The molecule has 0 amide bonds. The molecule has 0 saturated carbocycles. The molecule has 0 unspecified atom stereocenters. The molecule has 0 fully saturated rings. The molecule has 0 aliphatic heterocycles. The molecular weight excluding hydrogens is 237 g/mol. The first-order chi connectivity index (χ1) is 7.04. The summed E-state index contributed by atoms with van der Waals surface area (Å²) in [6.07, 6.45) is 2.82. The van der Waals surface area contributed by atoms with Gasteiger partial charge in [0, 0.05) is 0 Å². The van der Waals surface area contributed by atoms with Crippen LogP contribution < -0.4 is 35.3 Å². The molecule has 0 aliphatic carbocycles. The Kier molecular flexibility index (Phi) is 7.46. The molecule has 4 nitrogen and oxygen atoms in total. The van der Waals surface area contributed by atoms with Crippen molar-refractivity contribution in [3.63, 3.8) is 0 Å². The smallest absolute Gasteiger partial charge is 1.00 e. The van der Waals surface area contributed by atoms with Crippen LogP contribution in [0.1, 0.15) is 19.8 Å². The van der Waals surface area contributed by atoms with Gasteiger partial charge in [0.25, 0.3) is 10.1 Å². The number of hydrogen-bond donors (Lipinski definition) is 2. The average Bonchev–Trinajstić information content (AvgIpc) is 2.18. The Balaban J connectivity index is 0. The van der Waals surface area contributed by atoms with Crippen molar-refractivity contribution in [2.75, 3.05) is 6.54 Å². The number of nitrogens with two attached hydrogens (primary N) is 1. The van der Waals surface area contributed by atoms with Gasteiger partial charge >= 0.3 is 29.6 Å². The standard InChI is InChI=1S/C10H15NO3S.Na.H/c11-8-2-1-3-9-4-6-10(7-5-9)15(12,13)14;;/h4-7H,1-3,8,11H2,(H,12,13,14);;/q;+1;-1. The van der Waals surface area contributed by atoms with Gasteiger partial charge in [0.15, 0.2) is 0 Å². The maximum atomic E-state index is 10.7. The fraction of sp³-hybridized carbons (Fsp3) is 0.400. The third-order valence-corrected chi connectivity index (χ3v) is 3.01. The average molecular weight is 253 g/mol. The van der Waals surface area contributed by atoms with E-state index in [1.807, 2.05) is 0 Å². The van der Waals surface area contributed by atoms with Gasteiger partial charge in [0.2, 0.25) is 0 Å². The molecule has 1 aromatic carbocycles. The topological polar surface area (TPSA) is 80.4 Å². The maximum Gasteiger partial charge on any atom is 1.00 e. The predicted molar refractivity (Wildman–Crippen MR) is 59.4 cm³/mol. The SMILES string of the molecule is NCCCCc1ccc(S(=O)(=O)O)cc1.[H-].[Na+]. The summed E-state index contributed by atoms with van der Waals surface area (Å²) in [5, 5.41) is 0. The number of benzene rings is 1. The Labute approximate surface area is 120 Å². The van der Waals surface area contributed by atoms with Gasteiger partial charge in [-0.3, -0.25) is 4.55 Å². The normalized spacial score (nSPS) is 10.9. The largest absolute Gasteiger partial charge is 1.00 e. The van der Waals surface area contributed by atoms with Gasteiger partial charge in [0.05, 0.1) is 4.90 Å². The van der Waals surface area contributed by atoms with Gasteiger partial charge in [-0.25, -0.2) is 0 Å². The molecule has 0 heterocycles. The minimum absolute atomic E-state index is 0. The molecule has 3 N–H and O–H groups in total. The van der Waals surface area contributed by atoms with E-state index in [4.69, 9.17) is 10.3 Å². The summed E-state index contributed by atoms with van der Waals surface area (Å²) in [5.74, 6) is 0. The van der Waals surface area contributed by atoms with Crippen LogP contribution in [0, 0.1) is 0 Å². The van der Waals surface area contributed by atoms with Crippen LogP contribution in [0.5, 0.6) is 0 Å². The summed E-state index contributed by atoms with van der Waals surface area (Å²) in [6, 6.07) is 6.24. The van der Waals surface area contributed by atoms with E-state index >= 15 is 0 Å². The van der Waals surface area contributed by atoms with Crippen molar-refractivity contribution in [2.45, 2.75) is 24.2 Å². The van der Waals surface area contributed by atoms with Crippen LogP contribution in [-0.2, 0) is 16.5 Å². The molecule has 0 aromatic heterocycles. The molecule has 0 atom stereocenters. The molecule has 1 aromatic rings. The minimum atomic E-state index is -4.06. The van der Waals surface area contributed by atoms with Crippen LogP contribution in [0.3, 0.4) is 0 Å². The monoisotopic (exact) mass is 253 g/mol. The Hall–Kier alpha value is 0.0900. The molecule has 0 spiro atoms. The fourth-order valence-electron chi connectivity index (χ4n) is 1.30. The summed E-state index contributed by atoms with van der Waals surface area (Å²) in [4.78, 5) is -0.0647. The summed E-state index contributed by atoms with van der Waals surface area (Å²) in [6.45, 7) is 0.670. The molecule has 86 valence electrons. The molecule has 0 aliphatic rings. The predicted octanol–water partition coefficient (Wildman–Crippen LogP) is -1.67. The van der Waals surface area contributed by atoms with Gasteiger partial charge < -0.3 is 7.16 Å². The van der Waals surface area contributed by atoms with Gasteiger partial charge in [-0.1, -0.05) is 12.1 Å². The first-order valence-corrected chi connectivity index (χ1v) is 6.24. The van der Waals surface area contributed by atoms with Crippen LogP contribution in [0.4, 0.5) is 0 Å². The third kappa shape index (κ3) is 5.43. The van der Waals surface area contributed by atoms with Crippen LogP contribution in [0.15, 0.2) is 29.2 Å². The number of unbranched alkanes of at least 4 members (excludes halogenated alkanes) is 1. The number of aryl methyl sites for hydroxylation is 1. The summed E-state index contributed by atoms with van der Waals surface area (Å²) < 4.78 is 30.2. The van der Waals surface area contributed by atoms with Crippen molar-refractivity contribution in [3.8, 4) is 0 Å². The molecule has 1 rings (SSSR count). The third-order valence-electron chi connectivity index (χ3n) is 2.14. The van der Waals surface area contributed by atoms with E-state index in [1.165, 1.54) is 12.1 Å². The van der Waals surface area contributed by atoms with Gasteiger partial charge in [-0.15, -0.1) is 0 Å². The maximum absolute atomic E-state index is 10.7. The Bertz CT molecular complexity index is 408.